The van der Waals surface area contributed by atoms with Gasteiger partial charge in [0, 0.05) is 21.7 Å². The lowest BCUT2D eigenvalue weighted by molar-refractivity contribution is -0.136. The number of anilines is 1. The minimum Gasteiger partial charge on any atom is -0.496 e. The Morgan fingerprint density at radius 2 is 1.78 bits per heavy atom. The van der Waals surface area contributed by atoms with E-state index in [0.29, 0.717) is 44.6 Å². The monoisotopic (exact) mass is 520 g/mol. The standard InChI is InChI=1S/C28H25ClN2O6/c1-16(21-6-4-5-7-23(21)29)36-28(34)30-26-17(2)37-31-27(26)20-11-9-19(10-12-20)22-14-18(15-25(32)33)8-13-24(22)35-3/h4-14,16H,15H2,1-3H3,(H,30,34)(H,32,33). The minimum absolute atomic E-state index is 0.0898. The van der Waals surface area contributed by atoms with Crippen LogP contribution in [0, 0.1) is 6.92 Å². The van der Waals surface area contributed by atoms with Gasteiger partial charge in [-0.15, -0.1) is 0 Å². The molecule has 3 aromatic carbocycles. The molecular weight excluding hydrogens is 496 g/mol. The number of hydrogen-bond donors (Lipinski definition) is 2. The van der Waals surface area contributed by atoms with E-state index in [9.17, 15) is 9.59 Å². The van der Waals surface area contributed by atoms with Crippen LogP contribution in [-0.4, -0.2) is 29.4 Å². The van der Waals surface area contributed by atoms with E-state index in [4.69, 9.17) is 30.7 Å². The molecule has 0 saturated carbocycles. The summed E-state index contributed by atoms with van der Waals surface area (Å²) in [7, 11) is 1.56. The molecule has 190 valence electrons. The molecular formula is C28H25ClN2O6. The lowest BCUT2D eigenvalue weighted by Gasteiger charge is -2.15. The Morgan fingerprint density at radius 1 is 1.08 bits per heavy atom. The largest absolute Gasteiger partial charge is 0.496 e. The van der Waals surface area contributed by atoms with Crippen LogP contribution in [0.5, 0.6) is 5.75 Å². The Labute approximate surface area is 218 Å². The van der Waals surface area contributed by atoms with E-state index < -0.39 is 18.2 Å². The van der Waals surface area contributed by atoms with Gasteiger partial charge < -0.3 is 19.1 Å². The topological polar surface area (TPSA) is 111 Å². The van der Waals surface area contributed by atoms with Crippen molar-refractivity contribution < 1.29 is 28.7 Å². The molecule has 0 spiro atoms. The maximum atomic E-state index is 12.7. The Hall–Kier alpha value is -4.30. The lowest BCUT2D eigenvalue weighted by atomic mass is 9.98. The quantitative estimate of drug-likeness (QED) is 0.259. The number of carboxylic acids is 1. The number of aryl methyl sites for hydroxylation is 1. The second kappa shape index (κ2) is 11.2. The fraction of sp³-hybridized carbons (Fsp3) is 0.179. The van der Waals surface area contributed by atoms with Crippen molar-refractivity contribution in [1.29, 1.82) is 0 Å². The van der Waals surface area contributed by atoms with E-state index in [1.54, 1.807) is 57.4 Å². The van der Waals surface area contributed by atoms with Gasteiger partial charge in [-0.1, -0.05) is 65.3 Å². The summed E-state index contributed by atoms with van der Waals surface area (Å²) >= 11 is 6.21. The zero-order valence-electron chi connectivity index (χ0n) is 20.4. The molecule has 1 amide bonds. The molecule has 4 aromatic rings. The smallest absolute Gasteiger partial charge is 0.412 e. The van der Waals surface area contributed by atoms with Crippen LogP contribution in [0.4, 0.5) is 10.5 Å². The SMILES string of the molecule is COc1ccc(CC(=O)O)cc1-c1ccc(-c2noc(C)c2NC(=O)OC(C)c2ccccc2Cl)cc1. The molecule has 1 unspecified atom stereocenters. The highest BCUT2D eigenvalue weighted by molar-refractivity contribution is 6.31. The van der Waals surface area contributed by atoms with Gasteiger partial charge in [-0.3, -0.25) is 10.1 Å². The number of aliphatic carboxylic acids is 1. The maximum Gasteiger partial charge on any atom is 0.412 e. The zero-order valence-corrected chi connectivity index (χ0v) is 21.2. The molecule has 1 aromatic heterocycles. The number of benzene rings is 3. The number of carbonyl (C=O) groups excluding carboxylic acids is 1. The summed E-state index contributed by atoms with van der Waals surface area (Å²) in [5.41, 5.74) is 4.49. The fourth-order valence-corrected chi connectivity index (χ4v) is 4.24. The number of methoxy groups -OCH3 is 1. The number of carbonyl (C=O) groups is 2. The zero-order chi connectivity index (χ0) is 26.5. The Balaban J connectivity index is 1.55. The average molecular weight is 521 g/mol. The van der Waals surface area contributed by atoms with Crippen molar-refractivity contribution in [2.45, 2.75) is 26.4 Å². The second-order valence-electron chi connectivity index (χ2n) is 8.34. The molecule has 1 atom stereocenters. The molecule has 1 heterocycles. The Morgan fingerprint density at radius 3 is 2.46 bits per heavy atom. The van der Waals surface area contributed by atoms with Gasteiger partial charge in [-0.05, 0) is 43.2 Å². The van der Waals surface area contributed by atoms with Crippen LogP contribution >= 0.6 is 11.6 Å². The van der Waals surface area contributed by atoms with Gasteiger partial charge in [0.25, 0.3) is 0 Å². The summed E-state index contributed by atoms with van der Waals surface area (Å²) in [6, 6.07) is 19.8. The molecule has 0 saturated heterocycles. The van der Waals surface area contributed by atoms with Crippen molar-refractivity contribution >= 4 is 29.4 Å². The number of nitrogens with zero attached hydrogens (tertiary/aromatic N) is 1. The first-order chi connectivity index (χ1) is 17.8. The molecule has 2 N–H and O–H groups in total. The summed E-state index contributed by atoms with van der Waals surface area (Å²) in [6.45, 7) is 3.43. The molecule has 0 aliphatic rings. The number of aromatic nitrogens is 1. The van der Waals surface area contributed by atoms with Crippen LogP contribution in [0.25, 0.3) is 22.4 Å². The number of nitrogens with one attached hydrogen (secondary N) is 1. The number of amides is 1. The summed E-state index contributed by atoms with van der Waals surface area (Å²) < 4.78 is 16.3. The van der Waals surface area contributed by atoms with Gasteiger partial charge in [0.15, 0.2) is 5.76 Å². The van der Waals surface area contributed by atoms with Crippen LogP contribution in [0.15, 0.2) is 71.3 Å². The summed E-state index contributed by atoms with van der Waals surface area (Å²) in [4.78, 5) is 23.8. The van der Waals surface area contributed by atoms with Crippen molar-refractivity contribution in [2.75, 3.05) is 12.4 Å². The molecule has 4 rings (SSSR count). The van der Waals surface area contributed by atoms with Crippen LogP contribution < -0.4 is 10.1 Å². The minimum atomic E-state index is -0.910. The first-order valence-electron chi connectivity index (χ1n) is 11.4. The fourth-order valence-electron chi connectivity index (χ4n) is 3.95. The number of rotatable bonds is 8. The summed E-state index contributed by atoms with van der Waals surface area (Å²) in [5, 5.41) is 16.5. The summed E-state index contributed by atoms with van der Waals surface area (Å²) in [6.07, 6.45) is -1.33. The van der Waals surface area contributed by atoms with E-state index in [1.165, 1.54) is 0 Å². The third kappa shape index (κ3) is 5.92. The highest BCUT2D eigenvalue weighted by Crippen LogP contribution is 2.35. The van der Waals surface area contributed by atoms with E-state index in [-0.39, 0.29) is 6.42 Å². The normalized spacial score (nSPS) is 11.6. The van der Waals surface area contributed by atoms with Crippen molar-refractivity contribution in [1.82, 2.24) is 5.16 Å². The molecule has 8 nitrogen and oxygen atoms in total. The molecule has 0 fully saturated rings. The van der Waals surface area contributed by atoms with E-state index in [1.807, 2.05) is 30.3 Å². The molecule has 9 heteroatoms. The molecule has 37 heavy (non-hydrogen) atoms. The Bertz CT molecular complexity index is 1430. The van der Waals surface area contributed by atoms with Crippen molar-refractivity contribution in [3.8, 4) is 28.1 Å². The highest BCUT2D eigenvalue weighted by Gasteiger charge is 2.21. The van der Waals surface area contributed by atoms with Crippen LogP contribution in [0.3, 0.4) is 0 Å². The first-order valence-corrected chi connectivity index (χ1v) is 11.8. The summed E-state index contributed by atoms with van der Waals surface area (Å²) in [5.74, 6) is 0.133. The van der Waals surface area contributed by atoms with E-state index in [2.05, 4.69) is 10.5 Å². The van der Waals surface area contributed by atoms with Crippen molar-refractivity contribution in [3.63, 3.8) is 0 Å². The third-order valence-corrected chi connectivity index (χ3v) is 6.15. The van der Waals surface area contributed by atoms with Gasteiger partial charge in [-0.2, -0.15) is 0 Å². The highest BCUT2D eigenvalue weighted by atomic mass is 35.5. The number of ether oxygens (including phenoxy) is 2. The van der Waals surface area contributed by atoms with Gasteiger partial charge in [0.1, 0.15) is 23.2 Å². The van der Waals surface area contributed by atoms with Crippen molar-refractivity contribution in [2.24, 2.45) is 0 Å². The van der Waals surface area contributed by atoms with E-state index >= 15 is 0 Å². The predicted octanol–water partition coefficient (Wildman–Crippen LogP) is 6.92. The number of halogens is 1. The Kier molecular flexibility index (Phi) is 7.79. The molecule has 0 aliphatic carbocycles. The molecule has 0 bridgehead atoms. The number of hydrogen-bond acceptors (Lipinski definition) is 6. The van der Waals surface area contributed by atoms with Crippen LogP contribution in [0.1, 0.15) is 29.9 Å². The third-order valence-electron chi connectivity index (χ3n) is 5.81. The maximum absolute atomic E-state index is 12.7. The van der Waals surface area contributed by atoms with Crippen LogP contribution in [-0.2, 0) is 16.0 Å². The predicted molar refractivity (Wildman–Crippen MR) is 140 cm³/mol. The van der Waals surface area contributed by atoms with Gasteiger partial charge >= 0.3 is 12.1 Å². The second-order valence-corrected chi connectivity index (χ2v) is 8.75. The van der Waals surface area contributed by atoms with Gasteiger partial charge in [0.2, 0.25) is 0 Å². The average Bonchev–Trinajstić information content (AvgIpc) is 3.23. The van der Waals surface area contributed by atoms with Crippen molar-refractivity contribution in [3.05, 3.63) is 88.6 Å². The molecule has 0 radical (unpaired) electrons. The van der Waals surface area contributed by atoms with Gasteiger partial charge in [-0.25, -0.2) is 4.79 Å². The first kappa shape index (κ1) is 25.8. The van der Waals surface area contributed by atoms with Crippen LogP contribution in [0.2, 0.25) is 5.02 Å². The lowest BCUT2D eigenvalue weighted by Crippen LogP contribution is -2.17. The molecule has 0 aliphatic heterocycles. The van der Waals surface area contributed by atoms with Gasteiger partial charge in [0.05, 0.1) is 13.5 Å². The number of carboxylic acid groups (broad SMARTS) is 1. The van der Waals surface area contributed by atoms with E-state index in [0.717, 1.165) is 11.1 Å².